The van der Waals surface area contributed by atoms with Crippen LogP contribution in [-0.2, 0) is 10.0 Å². The molecule has 2 rings (SSSR count). The fourth-order valence-corrected chi connectivity index (χ4v) is 2.69. The molecule has 1 aromatic carbocycles. The third-order valence-electron chi connectivity index (χ3n) is 2.86. The second kappa shape index (κ2) is 6.17. The summed E-state index contributed by atoms with van der Waals surface area (Å²) < 4.78 is 35.8. The largest absolute Gasteiger partial charge is 0.493 e. The molecule has 1 heterocycles. The van der Waals surface area contributed by atoms with Gasteiger partial charge in [-0.15, -0.1) is 0 Å². The maximum absolute atomic E-state index is 11.8. The number of methoxy groups -OCH3 is 1. The van der Waals surface area contributed by atoms with Gasteiger partial charge in [0.1, 0.15) is 0 Å². The van der Waals surface area contributed by atoms with E-state index in [1.54, 1.807) is 25.3 Å². The molecule has 0 saturated heterocycles. The zero-order chi connectivity index (χ0) is 15.5. The lowest BCUT2D eigenvalue weighted by molar-refractivity contribution is 0.295. The van der Waals surface area contributed by atoms with E-state index in [9.17, 15) is 8.42 Å². The number of hydrogen-bond acceptors (Lipinski definition) is 5. The monoisotopic (exact) mass is 310 g/mol. The summed E-state index contributed by atoms with van der Waals surface area (Å²) in [6.45, 7) is 2.50. The number of ether oxygens (including phenoxy) is 2. The van der Waals surface area contributed by atoms with Gasteiger partial charge < -0.3 is 9.47 Å². The Hall–Kier alpha value is -2.02. The molecule has 0 fully saturated rings. The number of nitrogens with zero attached hydrogens (tertiary/aromatic N) is 2. The molecule has 0 aliphatic rings. The van der Waals surface area contributed by atoms with E-state index in [4.69, 9.17) is 9.47 Å². The molecule has 0 aliphatic carbocycles. The zero-order valence-electron chi connectivity index (χ0n) is 12.2. The first kappa shape index (κ1) is 15.4. The summed E-state index contributed by atoms with van der Waals surface area (Å²) in [5, 5.41) is 0. The summed E-state index contributed by atoms with van der Waals surface area (Å²) in [5.41, 5.74) is 0.582. The minimum absolute atomic E-state index is 0.308. The lowest BCUT2D eigenvalue weighted by Gasteiger charge is -2.15. The van der Waals surface area contributed by atoms with Gasteiger partial charge in [0.05, 0.1) is 25.5 Å². The van der Waals surface area contributed by atoms with Gasteiger partial charge in [-0.05, 0) is 18.6 Å². The van der Waals surface area contributed by atoms with Gasteiger partial charge in [-0.1, -0.05) is 13.0 Å². The van der Waals surface area contributed by atoms with Crippen molar-refractivity contribution in [3.05, 3.63) is 30.6 Å². The fraction of sp³-hybridized carbons (Fsp3) is 0.357. The molecule has 0 atom stereocenters. The predicted octanol–water partition coefficient (Wildman–Crippen LogP) is 2.16. The van der Waals surface area contributed by atoms with E-state index in [2.05, 4.69) is 4.98 Å². The number of para-hydroxylation sites is 1. The molecular weight excluding hydrogens is 292 g/mol. The Labute approximate surface area is 124 Å². The summed E-state index contributed by atoms with van der Waals surface area (Å²) in [6, 6.07) is 5.30. The zero-order valence-corrected chi connectivity index (χ0v) is 13.1. The highest BCUT2D eigenvalue weighted by atomic mass is 32.2. The van der Waals surface area contributed by atoms with Crippen LogP contribution < -0.4 is 9.47 Å². The van der Waals surface area contributed by atoms with Crippen LogP contribution in [0.3, 0.4) is 0 Å². The van der Waals surface area contributed by atoms with Gasteiger partial charge in [0.25, 0.3) is 0 Å². The maximum atomic E-state index is 11.8. The normalized spacial score (nSPS) is 11.4. The number of aromatic nitrogens is 2. The Kier molecular flexibility index (Phi) is 4.52. The summed E-state index contributed by atoms with van der Waals surface area (Å²) in [7, 11) is -1.89. The van der Waals surface area contributed by atoms with Crippen LogP contribution in [0.4, 0.5) is 0 Å². The molecule has 0 N–H and O–H groups in total. The number of rotatable bonds is 6. The van der Waals surface area contributed by atoms with Gasteiger partial charge in [0, 0.05) is 12.4 Å². The third-order valence-corrected chi connectivity index (χ3v) is 3.86. The van der Waals surface area contributed by atoms with Crippen LogP contribution in [0.1, 0.15) is 13.3 Å². The van der Waals surface area contributed by atoms with Crippen molar-refractivity contribution in [3.63, 3.8) is 0 Å². The smallest absolute Gasteiger partial charge is 0.237 e. The van der Waals surface area contributed by atoms with Gasteiger partial charge in [-0.2, -0.15) is 0 Å². The summed E-state index contributed by atoms with van der Waals surface area (Å²) >= 11 is 0. The van der Waals surface area contributed by atoms with E-state index >= 15 is 0 Å². The van der Waals surface area contributed by atoms with Crippen molar-refractivity contribution in [2.24, 2.45) is 0 Å². The van der Waals surface area contributed by atoms with Crippen molar-refractivity contribution in [2.75, 3.05) is 20.0 Å². The van der Waals surface area contributed by atoms with E-state index < -0.39 is 10.0 Å². The molecule has 1 aromatic heterocycles. The Morgan fingerprint density at radius 1 is 1.33 bits per heavy atom. The molecule has 0 spiro atoms. The molecule has 2 aromatic rings. The van der Waals surface area contributed by atoms with Crippen molar-refractivity contribution in [2.45, 2.75) is 13.3 Å². The quantitative estimate of drug-likeness (QED) is 0.817. The first-order valence-electron chi connectivity index (χ1n) is 6.53. The van der Waals surface area contributed by atoms with Gasteiger partial charge in [0.2, 0.25) is 10.0 Å². The SMILES string of the molecule is CCCOc1c(OC)cccc1-c1nccn1S(C)(=O)=O. The minimum atomic E-state index is -3.44. The number of benzene rings is 1. The van der Waals surface area contributed by atoms with Gasteiger partial charge >= 0.3 is 0 Å². The molecule has 0 radical (unpaired) electrons. The molecule has 6 nitrogen and oxygen atoms in total. The Balaban J connectivity index is 2.61. The van der Waals surface area contributed by atoms with Gasteiger partial charge in [-0.25, -0.2) is 17.4 Å². The highest BCUT2D eigenvalue weighted by Crippen LogP contribution is 2.37. The lowest BCUT2D eigenvalue weighted by atomic mass is 10.1. The summed E-state index contributed by atoms with van der Waals surface area (Å²) in [4.78, 5) is 4.15. The van der Waals surface area contributed by atoms with E-state index in [-0.39, 0.29) is 0 Å². The van der Waals surface area contributed by atoms with Crippen LogP contribution in [0, 0.1) is 0 Å². The van der Waals surface area contributed by atoms with Crippen LogP contribution in [0.15, 0.2) is 30.6 Å². The second-order valence-corrected chi connectivity index (χ2v) is 6.35. The van der Waals surface area contributed by atoms with Crippen molar-refractivity contribution in [1.29, 1.82) is 0 Å². The average Bonchev–Trinajstić information content (AvgIpc) is 2.94. The van der Waals surface area contributed by atoms with E-state index in [1.165, 1.54) is 12.4 Å². The van der Waals surface area contributed by atoms with Crippen molar-refractivity contribution < 1.29 is 17.9 Å². The molecule has 0 unspecified atom stereocenters. The van der Waals surface area contributed by atoms with E-state index in [0.29, 0.717) is 29.5 Å². The molecule has 0 aliphatic heterocycles. The minimum Gasteiger partial charge on any atom is -0.493 e. The van der Waals surface area contributed by atoms with Crippen LogP contribution in [0.25, 0.3) is 11.4 Å². The first-order valence-corrected chi connectivity index (χ1v) is 8.38. The molecule has 0 amide bonds. The standard InChI is InChI=1S/C14H18N2O4S/c1-4-10-20-13-11(6-5-7-12(13)19-2)14-15-8-9-16(14)21(3,17)18/h5-9H,4,10H2,1-3H3. The third kappa shape index (κ3) is 3.18. The Morgan fingerprint density at radius 2 is 2.10 bits per heavy atom. The lowest BCUT2D eigenvalue weighted by Crippen LogP contribution is -2.11. The molecule has 0 saturated carbocycles. The summed E-state index contributed by atoms with van der Waals surface area (Å²) in [6.07, 6.45) is 4.82. The average molecular weight is 310 g/mol. The molecule has 7 heteroatoms. The second-order valence-electron chi connectivity index (χ2n) is 4.50. The Bertz CT molecular complexity index is 722. The van der Waals surface area contributed by atoms with E-state index in [1.807, 2.05) is 6.92 Å². The fourth-order valence-electron chi connectivity index (χ4n) is 1.95. The highest BCUT2D eigenvalue weighted by Gasteiger charge is 2.19. The molecular formula is C14H18N2O4S. The predicted molar refractivity (Wildman–Crippen MR) is 80.2 cm³/mol. The molecule has 114 valence electrons. The topological polar surface area (TPSA) is 70.4 Å². The van der Waals surface area contributed by atoms with E-state index in [0.717, 1.165) is 16.6 Å². The molecule has 21 heavy (non-hydrogen) atoms. The van der Waals surface area contributed by atoms with Crippen LogP contribution in [-0.4, -0.2) is 37.3 Å². The van der Waals surface area contributed by atoms with Gasteiger partial charge in [0.15, 0.2) is 17.3 Å². The number of hydrogen-bond donors (Lipinski definition) is 0. The van der Waals surface area contributed by atoms with Crippen molar-refractivity contribution in [1.82, 2.24) is 8.96 Å². The highest BCUT2D eigenvalue weighted by molar-refractivity contribution is 7.89. The maximum Gasteiger partial charge on any atom is 0.237 e. The van der Waals surface area contributed by atoms with Crippen LogP contribution in [0.5, 0.6) is 11.5 Å². The first-order chi connectivity index (χ1) is 9.99. The van der Waals surface area contributed by atoms with Crippen LogP contribution in [0.2, 0.25) is 0 Å². The van der Waals surface area contributed by atoms with Crippen molar-refractivity contribution in [3.8, 4) is 22.9 Å². The Morgan fingerprint density at radius 3 is 2.71 bits per heavy atom. The van der Waals surface area contributed by atoms with Crippen molar-refractivity contribution >= 4 is 10.0 Å². The van der Waals surface area contributed by atoms with Gasteiger partial charge in [-0.3, -0.25) is 0 Å². The van der Waals surface area contributed by atoms with Crippen LogP contribution >= 0.6 is 0 Å². The summed E-state index contributed by atoms with van der Waals surface area (Å²) in [5.74, 6) is 1.35. The number of imidazole rings is 1. The molecule has 0 bridgehead atoms.